The third-order valence-electron chi connectivity index (χ3n) is 3.45. The van der Waals surface area contributed by atoms with Crippen molar-refractivity contribution in [2.24, 2.45) is 0 Å². The molecular formula is C17H25N3O4. The van der Waals surface area contributed by atoms with Crippen molar-refractivity contribution in [1.29, 1.82) is 0 Å². The molecule has 132 valence electrons. The fourth-order valence-electron chi connectivity index (χ4n) is 2.30. The summed E-state index contributed by atoms with van der Waals surface area (Å²) in [5, 5.41) is 1.65. The summed E-state index contributed by atoms with van der Waals surface area (Å²) in [5.41, 5.74) is 5.52. The number of ether oxygens (including phenoxy) is 1. The number of benzene rings is 1. The molecule has 0 saturated carbocycles. The molecule has 1 saturated heterocycles. The van der Waals surface area contributed by atoms with Crippen molar-refractivity contribution in [1.82, 2.24) is 15.9 Å². The molecule has 7 nitrogen and oxygen atoms in total. The summed E-state index contributed by atoms with van der Waals surface area (Å²) in [7, 11) is 0. The molecule has 0 aliphatic carbocycles. The number of hydrogen-bond acceptors (Lipinski definition) is 6. The van der Waals surface area contributed by atoms with Gasteiger partial charge in [-0.15, -0.1) is 5.06 Å². The molecule has 1 fully saturated rings. The number of hydroxylamine groups is 2. The summed E-state index contributed by atoms with van der Waals surface area (Å²) >= 11 is 0. The molecule has 2 rings (SSSR count). The first-order valence-corrected chi connectivity index (χ1v) is 8.10. The normalized spacial score (nSPS) is 16.5. The second kappa shape index (κ2) is 8.12. The minimum absolute atomic E-state index is 0.115. The SMILES string of the molecule is CC(C)(C)OC(=O)NNC1CCN(OC(=O)c2ccccc2)CC1. The standard InChI is InChI=1S/C17H25N3O4/c1-17(2,3)23-16(22)19-18-14-9-11-20(12-10-14)24-15(21)13-7-5-4-6-8-13/h4-8,14,18H,9-12H2,1-3H3,(H,19,22). The number of hydrogen-bond donors (Lipinski definition) is 2. The van der Waals surface area contributed by atoms with E-state index in [1.54, 1.807) is 29.3 Å². The highest BCUT2D eigenvalue weighted by Gasteiger charge is 2.23. The van der Waals surface area contributed by atoms with Gasteiger partial charge in [-0.05, 0) is 45.7 Å². The van der Waals surface area contributed by atoms with Gasteiger partial charge in [-0.3, -0.25) is 5.43 Å². The van der Waals surface area contributed by atoms with E-state index >= 15 is 0 Å². The second-order valence-corrected chi connectivity index (χ2v) is 6.72. The average Bonchev–Trinajstić information content (AvgIpc) is 2.53. The summed E-state index contributed by atoms with van der Waals surface area (Å²) in [4.78, 5) is 29.0. The molecule has 1 aliphatic heterocycles. The highest BCUT2D eigenvalue weighted by molar-refractivity contribution is 5.89. The van der Waals surface area contributed by atoms with Crippen molar-refractivity contribution in [3.8, 4) is 0 Å². The van der Waals surface area contributed by atoms with Crippen LogP contribution >= 0.6 is 0 Å². The highest BCUT2D eigenvalue weighted by atomic mass is 16.7. The predicted molar refractivity (Wildman–Crippen MR) is 89.0 cm³/mol. The fourth-order valence-corrected chi connectivity index (χ4v) is 2.30. The van der Waals surface area contributed by atoms with Crippen LogP contribution in [0.2, 0.25) is 0 Å². The van der Waals surface area contributed by atoms with Gasteiger partial charge in [-0.2, -0.15) is 0 Å². The summed E-state index contributed by atoms with van der Waals surface area (Å²) in [6.07, 6.45) is 0.996. The van der Waals surface area contributed by atoms with E-state index in [0.717, 1.165) is 12.8 Å². The molecule has 1 aliphatic rings. The smallest absolute Gasteiger partial charge is 0.422 e. The van der Waals surface area contributed by atoms with Gasteiger partial charge in [0, 0.05) is 19.1 Å². The van der Waals surface area contributed by atoms with Gasteiger partial charge in [0.2, 0.25) is 0 Å². The minimum atomic E-state index is -0.527. The van der Waals surface area contributed by atoms with Crippen LogP contribution in [-0.2, 0) is 9.57 Å². The molecule has 0 aromatic heterocycles. The Morgan fingerprint density at radius 1 is 1.12 bits per heavy atom. The lowest BCUT2D eigenvalue weighted by atomic mass is 10.1. The van der Waals surface area contributed by atoms with Gasteiger partial charge in [0.25, 0.3) is 0 Å². The summed E-state index contributed by atoms with van der Waals surface area (Å²) in [6, 6.07) is 9.02. The molecular weight excluding hydrogens is 310 g/mol. The summed E-state index contributed by atoms with van der Waals surface area (Å²) in [6.45, 7) is 6.64. The van der Waals surface area contributed by atoms with Gasteiger partial charge < -0.3 is 9.57 Å². The maximum atomic E-state index is 12.0. The maximum Gasteiger partial charge on any atom is 0.422 e. The Morgan fingerprint density at radius 3 is 2.33 bits per heavy atom. The quantitative estimate of drug-likeness (QED) is 0.822. The third-order valence-corrected chi connectivity index (χ3v) is 3.45. The summed E-state index contributed by atoms with van der Waals surface area (Å²) < 4.78 is 5.16. The molecule has 7 heteroatoms. The van der Waals surface area contributed by atoms with Gasteiger partial charge in [0.1, 0.15) is 5.60 Å². The first-order valence-electron chi connectivity index (χ1n) is 8.10. The zero-order valence-corrected chi connectivity index (χ0v) is 14.4. The van der Waals surface area contributed by atoms with Gasteiger partial charge in [0.15, 0.2) is 0 Å². The minimum Gasteiger partial charge on any atom is -0.443 e. The molecule has 2 N–H and O–H groups in total. The van der Waals surface area contributed by atoms with Crippen molar-refractivity contribution < 1.29 is 19.2 Å². The third kappa shape index (κ3) is 6.17. The van der Waals surface area contributed by atoms with Crippen LogP contribution in [-0.4, -0.2) is 41.9 Å². The number of piperidine rings is 1. The number of nitrogens with zero attached hydrogens (tertiary/aromatic N) is 1. The van der Waals surface area contributed by atoms with E-state index in [1.165, 1.54) is 0 Å². The van der Waals surface area contributed by atoms with Crippen LogP contribution in [0.1, 0.15) is 44.0 Å². The van der Waals surface area contributed by atoms with E-state index in [0.29, 0.717) is 18.7 Å². The van der Waals surface area contributed by atoms with Crippen molar-refractivity contribution >= 4 is 12.1 Å². The van der Waals surface area contributed by atoms with Crippen LogP contribution in [0.3, 0.4) is 0 Å². The lowest BCUT2D eigenvalue weighted by molar-refractivity contribution is -0.123. The zero-order valence-electron chi connectivity index (χ0n) is 14.4. The number of amides is 1. The molecule has 24 heavy (non-hydrogen) atoms. The molecule has 0 spiro atoms. The predicted octanol–water partition coefficient (Wildman–Crippen LogP) is 2.25. The lowest BCUT2D eigenvalue weighted by Gasteiger charge is -2.31. The molecule has 1 amide bonds. The number of rotatable bonds is 4. The van der Waals surface area contributed by atoms with E-state index in [-0.39, 0.29) is 12.0 Å². The molecule has 1 heterocycles. The van der Waals surface area contributed by atoms with Gasteiger partial charge in [0.05, 0.1) is 5.56 Å². The van der Waals surface area contributed by atoms with Crippen LogP contribution in [0.25, 0.3) is 0 Å². The van der Waals surface area contributed by atoms with E-state index in [2.05, 4.69) is 10.9 Å². The van der Waals surface area contributed by atoms with Crippen LogP contribution in [0.15, 0.2) is 30.3 Å². The van der Waals surface area contributed by atoms with Crippen LogP contribution < -0.4 is 10.9 Å². The van der Waals surface area contributed by atoms with Gasteiger partial charge >= 0.3 is 12.1 Å². The van der Waals surface area contributed by atoms with Crippen molar-refractivity contribution in [2.45, 2.75) is 45.3 Å². The van der Waals surface area contributed by atoms with Crippen molar-refractivity contribution in [3.63, 3.8) is 0 Å². The van der Waals surface area contributed by atoms with E-state index < -0.39 is 11.7 Å². The Morgan fingerprint density at radius 2 is 1.75 bits per heavy atom. The summed E-state index contributed by atoms with van der Waals surface area (Å²) in [5.74, 6) is -0.353. The molecule has 0 atom stereocenters. The topological polar surface area (TPSA) is 79.9 Å². The molecule has 0 bridgehead atoms. The Balaban J connectivity index is 1.68. The van der Waals surface area contributed by atoms with Crippen LogP contribution in [0.5, 0.6) is 0 Å². The number of carbonyl (C=O) groups is 2. The van der Waals surface area contributed by atoms with Crippen molar-refractivity contribution in [3.05, 3.63) is 35.9 Å². The van der Waals surface area contributed by atoms with E-state index in [4.69, 9.17) is 9.57 Å². The fraction of sp³-hybridized carbons (Fsp3) is 0.529. The lowest BCUT2D eigenvalue weighted by Crippen LogP contribution is -2.50. The Labute approximate surface area is 142 Å². The second-order valence-electron chi connectivity index (χ2n) is 6.72. The molecule has 0 radical (unpaired) electrons. The van der Waals surface area contributed by atoms with Crippen LogP contribution in [0.4, 0.5) is 4.79 Å². The Kier molecular flexibility index (Phi) is 6.16. The van der Waals surface area contributed by atoms with Gasteiger partial charge in [-0.25, -0.2) is 15.0 Å². The number of nitrogens with one attached hydrogen (secondary N) is 2. The first-order chi connectivity index (χ1) is 11.3. The Bertz CT molecular complexity index is 549. The van der Waals surface area contributed by atoms with Crippen molar-refractivity contribution in [2.75, 3.05) is 13.1 Å². The van der Waals surface area contributed by atoms with E-state index in [9.17, 15) is 9.59 Å². The van der Waals surface area contributed by atoms with Gasteiger partial charge in [-0.1, -0.05) is 18.2 Å². The van der Waals surface area contributed by atoms with E-state index in [1.807, 2.05) is 26.8 Å². The highest BCUT2D eigenvalue weighted by Crippen LogP contribution is 2.12. The maximum absolute atomic E-state index is 12.0. The first kappa shape index (κ1) is 18.2. The number of hydrazine groups is 1. The molecule has 0 unspecified atom stereocenters. The zero-order chi connectivity index (χ0) is 17.6. The largest absolute Gasteiger partial charge is 0.443 e. The Hall–Kier alpha value is -2.12. The molecule has 1 aromatic rings. The number of carbonyl (C=O) groups excluding carboxylic acids is 2. The monoisotopic (exact) mass is 335 g/mol. The molecule has 1 aromatic carbocycles. The van der Waals surface area contributed by atoms with Crippen LogP contribution in [0, 0.1) is 0 Å². The average molecular weight is 335 g/mol.